The monoisotopic (exact) mass is 158 g/mol. The Labute approximate surface area is 66.7 Å². The molecule has 0 aliphatic heterocycles. The van der Waals surface area contributed by atoms with Crippen molar-refractivity contribution in [3.05, 3.63) is 12.3 Å². The second-order valence-corrected chi connectivity index (χ2v) is 2.28. The van der Waals surface area contributed by atoms with Gasteiger partial charge in [-0.2, -0.15) is 0 Å². The summed E-state index contributed by atoms with van der Waals surface area (Å²) in [6.07, 6.45) is 3.05. The van der Waals surface area contributed by atoms with E-state index >= 15 is 0 Å². The molecule has 0 bridgehead atoms. The fraction of sp³-hybridized carbons (Fsp3) is 0.625. The molecular weight excluding hydrogens is 144 g/mol. The number of aliphatic carboxylic acids is 1. The molecule has 0 amide bonds. The van der Waals surface area contributed by atoms with Crippen LogP contribution in [-0.4, -0.2) is 17.7 Å². The van der Waals surface area contributed by atoms with Crippen LogP contribution in [-0.2, 0) is 9.53 Å². The molecule has 0 saturated carbocycles. The third-order valence-electron chi connectivity index (χ3n) is 1.26. The topological polar surface area (TPSA) is 46.5 Å². The first-order valence-corrected chi connectivity index (χ1v) is 3.73. The Bertz CT molecular complexity index is 140. The van der Waals surface area contributed by atoms with Crippen LogP contribution < -0.4 is 0 Å². The maximum Gasteiger partial charge on any atom is 0.370 e. The van der Waals surface area contributed by atoms with Gasteiger partial charge in [0.2, 0.25) is 0 Å². The van der Waals surface area contributed by atoms with Gasteiger partial charge < -0.3 is 9.84 Å². The summed E-state index contributed by atoms with van der Waals surface area (Å²) in [5, 5.41) is 8.31. The Hall–Kier alpha value is -0.990. The summed E-state index contributed by atoms with van der Waals surface area (Å²) in [6.45, 7) is 5.76. The van der Waals surface area contributed by atoms with Crippen molar-refractivity contribution in [1.82, 2.24) is 0 Å². The van der Waals surface area contributed by atoms with E-state index in [9.17, 15) is 4.79 Å². The van der Waals surface area contributed by atoms with Gasteiger partial charge in [0.05, 0.1) is 6.61 Å². The number of hydrogen-bond donors (Lipinski definition) is 1. The normalized spacial score (nSPS) is 9.18. The van der Waals surface area contributed by atoms with Crippen molar-refractivity contribution in [2.45, 2.75) is 26.2 Å². The Morgan fingerprint density at radius 2 is 2.18 bits per heavy atom. The van der Waals surface area contributed by atoms with Crippen molar-refractivity contribution in [1.29, 1.82) is 0 Å². The van der Waals surface area contributed by atoms with Crippen LogP contribution in [0.15, 0.2) is 12.3 Å². The first-order valence-electron chi connectivity index (χ1n) is 3.73. The Balaban J connectivity index is 3.25. The van der Waals surface area contributed by atoms with Crippen LogP contribution in [0.2, 0.25) is 0 Å². The minimum atomic E-state index is -1.08. The molecule has 0 aliphatic rings. The highest BCUT2D eigenvalue weighted by atomic mass is 16.5. The highest BCUT2D eigenvalue weighted by Gasteiger charge is 2.02. The largest absolute Gasteiger partial charge is 0.487 e. The predicted molar refractivity (Wildman–Crippen MR) is 42.3 cm³/mol. The average molecular weight is 158 g/mol. The average Bonchev–Trinajstić information content (AvgIpc) is 1.97. The second kappa shape index (κ2) is 5.77. The van der Waals surface area contributed by atoms with E-state index in [0.29, 0.717) is 6.61 Å². The Morgan fingerprint density at radius 1 is 1.55 bits per heavy atom. The molecule has 0 spiro atoms. The summed E-state index contributed by atoms with van der Waals surface area (Å²) in [6, 6.07) is 0. The van der Waals surface area contributed by atoms with Crippen molar-refractivity contribution in [2.75, 3.05) is 6.61 Å². The minimum Gasteiger partial charge on any atom is -0.487 e. The van der Waals surface area contributed by atoms with Crippen molar-refractivity contribution in [2.24, 2.45) is 0 Å². The summed E-state index contributed by atoms with van der Waals surface area (Å²) in [5.41, 5.74) is 0. The number of hydrogen-bond acceptors (Lipinski definition) is 2. The van der Waals surface area contributed by atoms with Crippen LogP contribution in [0.4, 0.5) is 0 Å². The lowest BCUT2D eigenvalue weighted by Crippen LogP contribution is -2.04. The quantitative estimate of drug-likeness (QED) is 0.364. The van der Waals surface area contributed by atoms with E-state index in [1.807, 2.05) is 0 Å². The van der Waals surface area contributed by atoms with Crippen LogP contribution in [0.25, 0.3) is 0 Å². The third kappa shape index (κ3) is 5.45. The molecule has 3 heteroatoms. The van der Waals surface area contributed by atoms with E-state index in [0.717, 1.165) is 19.3 Å². The van der Waals surface area contributed by atoms with Gasteiger partial charge in [0.25, 0.3) is 0 Å². The lowest BCUT2D eigenvalue weighted by molar-refractivity contribution is -0.136. The molecule has 11 heavy (non-hydrogen) atoms. The summed E-state index contributed by atoms with van der Waals surface area (Å²) in [4.78, 5) is 10.1. The van der Waals surface area contributed by atoms with Gasteiger partial charge in [0.1, 0.15) is 0 Å². The summed E-state index contributed by atoms with van der Waals surface area (Å²) in [5.74, 6) is -1.25. The predicted octanol–water partition coefficient (Wildman–Crippen LogP) is 1.79. The molecule has 0 aromatic rings. The molecule has 3 nitrogen and oxygen atoms in total. The number of carboxylic acids is 1. The van der Waals surface area contributed by atoms with Crippen LogP contribution in [0.3, 0.4) is 0 Å². The Kier molecular flexibility index (Phi) is 5.25. The summed E-state index contributed by atoms with van der Waals surface area (Å²) in [7, 11) is 0. The minimum absolute atomic E-state index is 0.166. The second-order valence-electron chi connectivity index (χ2n) is 2.28. The van der Waals surface area contributed by atoms with Crippen molar-refractivity contribution in [3.63, 3.8) is 0 Å². The van der Waals surface area contributed by atoms with Gasteiger partial charge in [-0.1, -0.05) is 19.8 Å². The fourth-order valence-electron chi connectivity index (χ4n) is 0.609. The van der Waals surface area contributed by atoms with Gasteiger partial charge in [-0.05, 0) is 13.0 Å². The van der Waals surface area contributed by atoms with Crippen LogP contribution >= 0.6 is 0 Å². The molecule has 0 radical (unpaired) electrons. The van der Waals surface area contributed by atoms with Crippen LogP contribution in [0.1, 0.15) is 26.2 Å². The van der Waals surface area contributed by atoms with Crippen molar-refractivity contribution in [3.8, 4) is 0 Å². The molecule has 0 aromatic heterocycles. The van der Waals surface area contributed by atoms with Gasteiger partial charge in [-0.25, -0.2) is 4.79 Å². The van der Waals surface area contributed by atoms with Gasteiger partial charge in [0, 0.05) is 0 Å². The van der Waals surface area contributed by atoms with Crippen molar-refractivity contribution >= 4 is 5.97 Å². The maximum absolute atomic E-state index is 10.1. The summed E-state index contributed by atoms with van der Waals surface area (Å²) >= 11 is 0. The lowest BCUT2D eigenvalue weighted by Gasteiger charge is -2.03. The van der Waals surface area contributed by atoms with Gasteiger partial charge in [-0.3, -0.25) is 0 Å². The molecule has 0 saturated heterocycles. The molecule has 0 unspecified atom stereocenters. The first kappa shape index (κ1) is 10.0. The molecule has 1 N–H and O–H groups in total. The van der Waals surface area contributed by atoms with Gasteiger partial charge in [0.15, 0.2) is 5.76 Å². The highest BCUT2D eigenvalue weighted by molar-refractivity contribution is 5.83. The van der Waals surface area contributed by atoms with Crippen molar-refractivity contribution < 1.29 is 14.6 Å². The number of carbonyl (C=O) groups is 1. The smallest absolute Gasteiger partial charge is 0.370 e. The van der Waals surface area contributed by atoms with E-state index in [-0.39, 0.29) is 5.76 Å². The Morgan fingerprint density at radius 3 is 2.64 bits per heavy atom. The molecule has 64 valence electrons. The lowest BCUT2D eigenvalue weighted by atomic mass is 10.3. The number of ether oxygens (including phenoxy) is 1. The molecule has 0 atom stereocenters. The van der Waals surface area contributed by atoms with Crippen LogP contribution in [0, 0.1) is 0 Å². The molecular formula is C8H14O3. The number of rotatable bonds is 6. The van der Waals surface area contributed by atoms with E-state index < -0.39 is 5.97 Å². The molecule has 0 rings (SSSR count). The van der Waals surface area contributed by atoms with E-state index in [2.05, 4.69) is 13.5 Å². The first-order chi connectivity index (χ1) is 5.18. The number of unbranched alkanes of at least 4 members (excludes halogenated alkanes) is 2. The van der Waals surface area contributed by atoms with Gasteiger partial charge in [-0.15, -0.1) is 0 Å². The molecule has 0 fully saturated rings. The summed E-state index contributed by atoms with van der Waals surface area (Å²) < 4.78 is 4.81. The molecule has 0 heterocycles. The molecule has 0 aliphatic carbocycles. The van der Waals surface area contributed by atoms with E-state index in [1.165, 1.54) is 0 Å². The fourth-order valence-corrected chi connectivity index (χ4v) is 0.609. The zero-order valence-electron chi connectivity index (χ0n) is 6.80. The standard InChI is InChI=1S/C8H14O3/c1-3-4-5-6-11-7(2)8(9)10/h2-6H2,1H3,(H,9,10). The van der Waals surface area contributed by atoms with E-state index in [4.69, 9.17) is 9.84 Å². The van der Waals surface area contributed by atoms with Crippen LogP contribution in [0.5, 0.6) is 0 Å². The van der Waals surface area contributed by atoms with E-state index in [1.54, 1.807) is 0 Å². The maximum atomic E-state index is 10.1. The van der Waals surface area contributed by atoms with Gasteiger partial charge >= 0.3 is 5.97 Å². The number of carboxylic acid groups (broad SMARTS) is 1. The third-order valence-corrected chi connectivity index (χ3v) is 1.26. The highest BCUT2D eigenvalue weighted by Crippen LogP contribution is 1.98. The SMILES string of the molecule is C=C(OCCCCC)C(=O)O. The zero-order valence-corrected chi connectivity index (χ0v) is 6.80. The zero-order chi connectivity index (χ0) is 8.69. The molecule has 0 aromatic carbocycles.